The van der Waals surface area contributed by atoms with Crippen LogP contribution in [0.3, 0.4) is 0 Å². The zero-order valence-corrected chi connectivity index (χ0v) is 27.9. The van der Waals surface area contributed by atoms with Crippen LogP contribution in [0.15, 0.2) is 24.3 Å². The summed E-state index contributed by atoms with van der Waals surface area (Å²) in [7, 11) is 0. The van der Waals surface area contributed by atoms with Gasteiger partial charge < -0.3 is 95.4 Å². The number of ether oxygens (including phenoxy) is 6. The number of carboxylic acid groups (broad SMARTS) is 1. The summed E-state index contributed by atoms with van der Waals surface area (Å²) in [6, 6.07) is 5.29. The monoisotopic (exact) mass is 763 g/mol. The highest BCUT2D eigenvalue weighted by Gasteiger charge is 2.77. The Balaban J connectivity index is 1.22. The molecule has 21 nitrogen and oxygen atoms in total. The first-order chi connectivity index (χ1) is 25.0. The molecule has 5 fully saturated rings. The zero-order valence-electron chi connectivity index (χ0n) is 27.9. The maximum absolute atomic E-state index is 12.6. The SMILES string of the molecule is NCC(=O)c1ccc(O[C@]2(C(=O)O)CC(O)[C@@H](O[C@H]3OC4(O)C3C(O[C@H]3OC5(O)C3C(O)[C@H](O)C5[C@@H](O)CO)[C@H](O)C4[C@@H](O)CO)C(CCO)O2)cc1. The van der Waals surface area contributed by atoms with Crippen molar-refractivity contribution in [3.63, 3.8) is 0 Å². The van der Waals surface area contributed by atoms with Gasteiger partial charge in [0.1, 0.15) is 11.9 Å². The van der Waals surface area contributed by atoms with E-state index in [0.29, 0.717) is 0 Å². The van der Waals surface area contributed by atoms with Crippen LogP contribution >= 0.6 is 0 Å². The summed E-state index contributed by atoms with van der Waals surface area (Å²) in [5.74, 6) is -15.6. The van der Waals surface area contributed by atoms with Crippen molar-refractivity contribution >= 4 is 11.8 Å². The summed E-state index contributed by atoms with van der Waals surface area (Å²) < 4.78 is 34.5. The molecule has 3 saturated heterocycles. The maximum Gasteiger partial charge on any atom is 0.377 e. The number of fused-ring (bicyclic) bond motifs is 2. The van der Waals surface area contributed by atoms with E-state index in [0.717, 1.165) is 0 Å². The molecule has 3 aliphatic heterocycles. The minimum atomic E-state index is -2.53. The molecule has 53 heavy (non-hydrogen) atoms. The Hall–Kier alpha value is -2.52. The van der Waals surface area contributed by atoms with Gasteiger partial charge in [-0.15, -0.1) is 0 Å². The van der Waals surface area contributed by atoms with Gasteiger partial charge >= 0.3 is 11.8 Å². The molecular formula is C32H45NO20. The molecule has 298 valence electrons. The van der Waals surface area contributed by atoms with Crippen molar-refractivity contribution in [2.45, 2.75) is 97.7 Å². The molecule has 21 heteroatoms. The van der Waals surface area contributed by atoms with Crippen LogP contribution in [0.2, 0.25) is 0 Å². The number of benzene rings is 1. The molecule has 2 aliphatic carbocycles. The fourth-order valence-electron chi connectivity index (χ4n) is 8.37. The van der Waals surface area contributed by atoms with E-state index in [9.17, 15) is 70.9 Å². The van der Waals surface area contributed by atoms with Crippen LogP contribution in [0.25, 0.3) is 0 Å². The molecule has 1 aromatic rings. The highest BCUT2D eigenvalue weighted by molar-refractivity contribution is 5.97. The lowest BCUT2D eigenvalue weighted by Gasteiger charge is -2.54. The Morgan fingerprint density at radius 1 is 0.811 bits per heavy atom. The highest BCUT2D eigenvalue weighted by Crippen LogP contribution is 2.59. The Morgan fingerprint density at radius 3 is 1.91 bits per heavy atom. The van der Waals surface area contributed by atoms with Crippen LogP contribution in [-0.2, 0) is 28.5 Å². The van der Waals surface area contributed by atoms with Crippen LogP contribution in [-0.4, -0.2) is 184 Å². The number of ketones is 1. The summed E-state index contributed by atoms with van der Waals surface area (Å²) in [4.78, 5) is 24.5. The van der Waals surface area contributed by atoms with Crippen molar-refractivity contribution in [3.8, 4) is 5.75 Å². The molecule has 10 unspecified atom stereocenters. The van der Waals surface area contributed by atoms with E-state index < -0.39 is 141 Å². The number of rotatable bonds is 15. The van der Waals surface area contributed by atoms with Crippen molar-refractivity contribution in [1.82, 2.24) is 0 Å². The Kier molecular flexibility index (Phi) is 11.3. The second kappa shape index (κ2) is 14.9. The molecular weight excluding hydrogens is 718 g/mol. The number of carbonyl (C=O) groups excluding carboxylic acids is 1. The number of hydrogen-bond acceptors (Lipinski definition) is 20. The molecule has 18 atom stereocenters. The van der Waals surface area contributed by atoms with Crippen molar-refractivity contribution in [1.29, 1.82) is 0 Å². The number of Topliss-reactive ketones (excluding diaryl/α,β-unsaturated/α-hetero) is 1. The molecule has 5 aliphatic rings. The number of hydrogen-bond donors (Lipinski definition) is 13. The quantitative estimate of drug-likeness (QED) is 0.0739. The van der Waals surface area contributed by atoms with Crippen molar-refractivity contribution in [2.75, 3.05) is 26.4 Å². The van der Waals surface area contributed by atoms with Gasteiger partial charge in [0.15, 0.2) is 29.9 Å². The Bertz CT molecular complexity index is 1490. The van der Waals surface area contributed by atoms with Gasteiger partial charge in [-0.2, -0.15) is 0 Å². The van der Waals surface area contributed by atoms with Gasteiger partial charge in [0.25, 0.3) is 0 Å². The second-order valence-corrected chi connectivity index (χ2v) is 14.0. The van der Waals surface area contributed by atoms with Gasteiger partial charge in [0, 0.05) is 12.2 Å². The summed E-state index contributed by atoms with van der Waals surface area (Å²) in [6.07, 6.45) is -19.5. The van der Waals surface area contributed by atoms with Crippen LogP contribution in [0.5, 0.6) is 5.75 Å². The Morgan fingerprint density at radius 2 is 1.36 bits per heavy atom. The van der Waals surface area contributed by atoms with E-state index in [2.05, 4.69) is 0 Å². The van der Waals surface area contributed by atoms with E-state index in [1.54, 1.807) is 0 Å². The first-order valence-corrected chi connectivity index (χ1v) is 17.0. The molecule has 0 amide bonds. The highest BCUT2D eigenvalue weighted by atomic mass is 16.8. The maximum atomic E-state index is 12.6. The second-order valence-electron chi connectivity index (χ2n) is 14.0. The van der Waals surface area contributed by atoms with Crippen LogP contribution in [0, 0.1) is 23.7 Å². The molecule has 0 radical (unpaired) electrons. The number of carboxylic acids is 1. The summed E-state index contributed by atoms with van der Waals surface area (Å²) >= 11 is 0. The summed E-state index contributed by atoms with van der Waals surface area (Å²) in [6.45, 7) is -2.72. The minimum Gasteiger partial charge on any atom is -0.476 e. The third-order valence-electron chi connectivity index (χ3n) is 11.0. The smallest absolute Gasteiger partial charge is 0.377 e. The van der Waals surface area contributed by atoms with E-state index in [1.807, 2.05) is 0 Å². The number of aliphatic hydroxyl groups is 11. The fourth-order valence-corrected chi connectivity index (χ4v) is 8.37. The predicted octanol–water partition coefficient (Wildman–Crippen LogP) is -6.34. The average molecular weight is 764 g/mol. The average Bonchev–Trinajstić information content (AvgIpc) is 3.37. The van der Waals surface area contributed by atoms with Gasteiger partial charge in [-0.05, 0) is 30.7 Å². The zero-order chi connectivity index (χ0) is 38.8. The standard InChI is InChI=1S/C32H45NO20/c33-8-14(38)11-1-3-12(4-2-11)50-30(29(44)45)7-13(37)25(17(51-30)5-6-34)48-28-21-26(24(43)19(16(40)10-36)32(21,47)53-28)49-27-20-23(42)22(41)18(15(39)9-35)31(20,46)52-27/h1-4,13,15-28,34-37,39-43,46-47H,5-10,33H2,(H,44,45)/t13?,15-,16-,17?,18?,19?,20?,21?,22+,23?,24+,25+,26?,27-,28-,30+,31?,32?/m0/s1. The summed E-state index contributed by atoms with van der Waals surface area (Å²) in [5, 5.41) is 126. The van der Waals surface area contributed by atoms with E-state index in [4.69, 9.17) is 34.2 Å². The predicted molar refractivity (Wildman–Crippen MR) is 166 cm³/mol. The lowest BCUT2D eigenvalue weighted by Crippen LogP contribution is -2.69. The van der Waals surface area contributed by atoms with E-state index in [1.165, 1.54) is 24.3 Å². The largest absolute Gasteiger partial charge is 0.476 e. The van der Waals surface area contributed by atoms with Crippen LogP contribution < -0.4 is 10.5 Å². The molecule has 1 aromatic carbocycles. The minimum absolute atomic E-state index is 0.0571. The van der Waals surface area contributed by atoms with Crippen molar-refractivity contribution in [2.24, 2.45) is 29.4 Å². The van der Waals surface area contributed by atoms with Gasteiger partial charge in [-0.1, -0.05) is 0 Å². The van der Waals surface area contributed by atoms with Crippen molar-refractivity contribution in [3.05, 3.63) is 29.8 Å². The van der Waals surface area contributed by atoms with Crippen LogP contribution in [0.1, 0.15) is 23.2 Å². The molecule has 0 bridgehead atoms. The molecule has 0 aromatic heterocycles. The van der Waals surface area contributed by atoms with Crippen molar-refractivity contribution < 1.29 is 99.3 Å². The number of aliphatic hydroxyl groups excluding tert-OH is 9. The lowest BCUT2D eigenvalue weighted by molar-refractivity contribution is -0.477. The Labute approximate surface area is 300 Å². The topological polar surface area (TPSA) is 358 Å². The van der Waals surface area contributed by atoms with E-state index in [-0.39, 0.29) is 30.1 Å². The summed E-state index contributed by atoms with van der Waals surface area (Å²) in [5.41, 5.74) is 5.61. The van der Waals surface area contributed by atoms with Gasteiger partial charge in [-0.3, -0.25) is 4.79 Å². The molecule has 6 rings (SSSR count). The number of nitrogens with two attached hydrogens (primary N) is 1. The number of aliphatic carboxylic acids is 1. The first-order valence-electron chi connectivity index (χ1n) is 17.0. The molecule has 2 saturated carbocycles. The lowest BCUT2D eigenvalue weighted by atomic mass is 9.85. The first kappa shape index (κ1) is 40.2. The fraction of sp³-hybridized carbons (Fsp3) is 0.750. The third kappa shape index (κ3) is 6.45. The van der Waals surface area contributed by atoms with E-state index >= 15 is 0 Å². The third-order valence-corrected chi connectivity index (χ3v) is 11.0. The normalized spacial score (nSPS) is 45.7. The molecule has 3 heterocycles. The van der Waals surface area contributed by atoms with Gasteiger partial charge in [0.05, 0.1) is 98.7 Å². The van der Waals surface area contributed by atoms with Gasteiger partial charge in [0.2, 0.25) is 0 Å². The molecule has 14 N–H and O–H groups in total. The molecule has 0 spiro atoms. The van der Waals surface area contributed by atoms with Crippen LogP contribution in [0.4, 0.5) is 0 Å². The number of carbonyl (C=O) groups is 2. The van der Waals surface area contributed by atoms with Gasteiger partial charge in [-0.25, -0.2) is 4.79 Å².